The van der Waals surface area contributed by atoms with E-state index in [0.29, 0.717) is 6.42 Å². The maximum absolute atomic E-state index is 12.2. The fraction of sp³-hybridized carbons (Fsp3) is 0.867. The highest BCUT2D eigenvalue weighted by molar-refractivity contribution is 6.03. The number of unbranched alkanes of at least 4 members (excludes halogenated alkanes) is 17. The molecular formula is C30H55NO2. The third-order valence-corrected chi connectivity index (χ3v) is 7.47. The Bertz CT molecular complexity index is 539. The first-order valence-electron chi connectivity index (χ1n) is 14.6. The summed E-state index contributed by atoms with van der Waals surface area (Å²) in [7, 11) is 0. The Hall–Kier alpha value is -1.12. The van der Waals surface area contributed by atoms with Crippen LogP contribution in [0.25, 0.3) is 0 Å². The maximum Gasteiger partial charge on any atom is 0.230 e. The molecule has 1 saturated heterocycles. The molecule has 1 N–H and O–H groups in total. The highest BCUT2D eigenvalue weighted by atomic mass is 16.2. The third kappa shape index (κ3) is 14.7. The van der Waals surface area contributed by atoms with Gasteiger partial charge in [-0.3, -0.25) is 14.9 Å². The van der Waals surface area contributed by atoms with Crippen molar-refractivity contribution in [1.29, 1.82) is 0 Å². The smallest absolute Gasteiger partial charge is 0.230 e. The summed E-state index contributed by atoms with van der Waals surface area (Å²) < 4.78 is 0. The third-order valence-electron chi connectivity index (χ3n) is 7.47. The molecule has 0 aliphatic carbocycles. The number of imide groups is 1. The van der Waals surface area contributed by atoms with Gasteiger partial charge in [0.15, 0.2) is 0 Å². The molecule has 3 heteroatoms. The van der Waals surface area contributed by atoms with E-state index in [2.05, 4.69) is 32.2 Å². The highest BCUT2D eigenvalue weighted by Gasteiger charge is 2.36. The van der Waals surface area contributed by atoms with Gasteiger partial charge in [-0.05, 0) is 32.1 Å². The maximum atomic E-state index is 12.2. The molecule has 1 heterocycles. The van der Waals surface area contributed by atoms with E-state index in [1.54, 1.807) is 0 Å². The summed E-state index contributed by atoms with van der Waals surface area (Å²) in [4.78, 5) is 23.9. The number of amides is 2. The van der Waals surface area contributed by atoms with Crippen molar-refractivity contribution in [3.8, 4) is 0 Å². The summed E-state index contributed by atoms with van der Waals surface area (Å²) >= 11 is 0. The molecule has 0 saturated carbocycles. The van der Waals surface area contributed by atoms with E-state index in [4.69, 9.17) is 0 Å². The second-order valence-corrected chi connectivity index (χ2v) is 10.5. The molecule has 3 nitrogen and oxygen atoms in total. The molecule has 0 aromatic heterocycles. The highest BCUT2D eigenvalue weighted by Crippen LogP contribution is 2.32. The molecule has 0 radical (unpaired) electrons. The van der Waals surface area contributed by atoms with Crippen LogP contribution in [-0.4, -0.2) is 11.8 Å². The Balaban J connectivity index is 2.09. The normalized spacial score (nSPS) is 17.5. The van der Waals surface area contributed by atoms with Crippen molar-refractivity contribution in [2.45, 2.75) is 156 Å². The summed E-state index contributed by atoms with van der Waals surface area (Å²) in [6.45, 7) is 6.67. The number of allylic oxidation sites excluding steroid dienone is 2. The van der Waals surface area contributed by atoms with Gasteiger partial charge in [0.05, 0.1) is 5.92 Å². The Morgan fingerprint density at radius 1 is 0.758 bits per heavy atom. The van der Waals surface area contributed by atoms with E-state index in [0.717, 1.165) is 19.3 Å². The molecule has 0 aromatic rings. The van der Waals surface area contributed by atoms with Gasteiger partial charge >= 0.3 is 0 Å². The largest absolute Gasteiger partial charge is 0.296 e. The zero-order valence-electron chi connectivity index (χ0n) is 22.4. The summed E-state index contributed by atoms with van der Waals surface area (Å²) in [5.74, 6) is -0.0621. The van der Waals surface area contributed by atoms with Gasteiger partial charge in [-0.15, -0.1) is 0 Å². The van der Waals surface area contributed by atoms with E-state index in [1.807, 2.05) is 0 Å². The van der Waals surface area contributed by atoms with Crippen molar-refractivity contribution >= 4 is 11.8 Å². The zero-order valence-corrected chi connectivity index (χ0v) is 22.4. The number of carbonyl (C=O) groups excluding carboxylic acids is 2. The average Bonchev–Trinajstić information content (AvgIpc) is 3.13. The van der Waals surface area contributed by atoms with Gasteiger partial charge in [0.1, 0.15) is 0 Å². The lowest BCUT2D eigenvalue weighted by molar-refractivity contribution is -0.126. The van der Waals surface area contributed by atoms with Crippen LogP contribution < -0.4 is 5.32 Å². The molecule has 1 rings (SSSR count). The quantitative estimate of drug-likeness (QED) is 0.0992. The minimum atomic E-state index is -0.147. The van der Waals surface area contributed by atoms with Gasteiger partial charge in [-0.1, -0.05) is 135 Å². The van der Waals surface area contributed by atoms with Gasteiger partial charge in [-0.25, -0.2) is 0 Å². The topological polar surface area (TPSA) is 46.2 Å². The van der Waals surface area contributed by atoms with Crippen LogP contribution in [0, 0.1) is 11.8 Å². The van der Waals surface area contributed by atoms with E-state index in [-0.39, 0.29) is 23.7 Å². The van der Waals surface area contributed by atoms with Crippen molar-refractivity contribution in [3.63, 3.8) is 0 Å². The Morgan fingerprint density at radius 2 is 1.21 bits per heavy atom. The van der Waals surface area contributed by atoms with Gasteiger partial charge < -0.3 is 0 Å². The number of hydrogen-bond donors (Lipinski definition) is 1. The lowest BCUT2D eigenvalue weighted by Crippen LogP contribution is -2.26. The second kappa shape index (κ2) is 20.3. The zero-order chi connectivity index (χ0) is 24.2. The Kier molecular flexibility index (Phi) is 18.4. The molecule has 2 unspecified atom stereocenters. The fourth-order valence-corrected chi connectivity index (χ4v) is 5.26. The monoisotopic (exact) mass is 461 g/mol. The summed E-state index contributed by atoms with van der Waals surface area (Å²) in [5, 5.41) is 2.51. The predicted molar refractivity (Wildman–Crippen MR) is 142 cm³/mol. The van der Waals surface area contributed by atoms with Crippen LogP contribution in [0.3, 0.4) is 0 Å². The van der Waals surface area contributed by atoms with E-state index in [1.165, 1.54) is 115 Å². The molecule has 1 aliphatic rings. The number of carbonyl (C=O) groups is 2. The van der Waals surface area contributed by atoms with Crippen molar-refractivity contribution < 1.29 is 9.59 Å². The van der Waals surface area contributed by atoms with E-state index in [9.17, 15) is 9.59 Å². The van der Waals surface area contributed by atoms with Crippen LogP contribution in [0.5, 0.6) is 0 Å². The van der Waals surface area contributed by atoms with Gasteiger partial charge in [0, 0.05) is 6.42 Å². The van der Waals surface area contributed by atoms with Gasteiger partial charge in [0.25, 0.3) is 0 Å². The SMILES string of the molecule is CCCCCCCCCCCCCCCCCC=C(C)C(CCCCC)C1CC(=O)NC1=O. The second-order valence-electron chi connectivity index (χ2n) is 10.5. The van der Waals surface area contributed by atoms with Crippen LogP contribution in [0.4, 0.5) is 0 Å². The van der Waals surface area contributed by atoms with Crippen LogP contribution in [0.15, 0.2) is 11.6 Å². The van der Waals surface area contributed by atoms with Crippen molar-refractivity contribution in [1.82, 2.24) is 5.32 Å². The van der Waals surface area contributed by atoms with Crippen molar-refractivity contribution in [2.75, 3.05) is 0 Å². The van der Waals surface area contributed by atoms with Crippen LogP contribution >= 0.6 is 0 Å². The fourth-order valence-electron chi connectivity index (χ4n) is 5.26. The lowest BCUT2D eigenvalue weighted by atomic mass is 9.81. The first-order valence-corrected chi connectivity index (χ1v) is 14.6. The minimum Gasteiger partial charge on any atom is -0.296 e. The van der Waals surface area contributed by atoms with Gasteiger partial charge in [0.2, 0.25) is 11.8 Å². The molecule has 0 aromatic carbocycles. The van der Waals surface area contributed by atoms with Gasteiger partial charge in [-0.2, -0.15) is 0 Å². The first kappa shape index (κ1) is 29.9. The molecule has 33 heavy (non-hydrogen) atoms. The molecule has 0 bridgehead atoms. The molecule has 192 valence electrons. The van der Waals surface area contributed by atoms with E-state index < -0.39 is 0 Å². The molecular weight excluding hydrogens is 406 g/mol. The molecule has 2 atom stereocenters. The summed E-state index contributed by atoms with van der Waals surface area (Å²) in [5.41, 5.74) is 1.33. The number of nitrogens with one attached hydrogen (secondary N) is 1. The summed E-state index contributed by atoms with van der Waals surface area (Å²) in [6, 6.07) is 0. The minimum absolute atomic E-state index is 0.0544. The van der Waals surface area contributed by atoms with Crippen molar-refractivity contribution in [2.24, 2.45) is 11.8 Å². The molecule has 0 spiro atoms. The number of hydrogen-bond acceptors (Lipinski definition) is 2. The number of rotatable bonds is 22. The van der Waals surface area contributed by atoms with Crippen LogP contribution in [-0.2, 0) is 9.59 Å². The van der Waals surface area contributed by atoms with Crippen molar-refractivity contribution in [3.05, 3.63) is 11.6 Å². The molecule has 2 amide bonds. The van der Waals surface area contributed by atoms with E-state index >= 15 is 0 Å². The van der Waals surface area contributed by atoms with Crippen LogP contribution in [0.1, 0.15) is 156 Å². The average molecular weight is 462 g/mol. The lowest BCUT2D eigenvalue weighted by Gasteiger charge is -2.22. The standard InChI is InChI=1S/C30H55NO2/c1-4-6-8-9-10-11-12-13-14-15-16-17-18-19-20-22-23-26(3)27(24-21-7-5-2)28-25-29(32)31-30(28)33/h23,27-28H,4-22,24-25H2,1-3H3,(H,31,32,33). The summed E-state index contributed by atoms with van der Waals surface area (Å²) in [6.07, 6.45) is 29.3. The molecule has 1 fully saturated rings. The Morgan fingerprint density at radius 3 is 1.67 bits per heavy atom. The van der Waals surface area contributed by atoms with Crippen LogP contribution in [0.2, 0.25) is 0 Å². The first-order chi connectivity index (χ1) is 16.1. The Labute approximate surface area is 206 Å². The predicted octanol–water partition coefficient (Wildman–Crippen LogP) is 9.05. The molecule has 1 aliphatic heterocycles.